The lowest BCUT2D eigenvalue weighted by Gasteiger charge is -2.35. The molecule has 3 saturated heterocycles. The third kappa shape index (κ3) is 20.4. The van der Waals surface area contributed by atoms with Gasteiger partial charge in [-0.3, -0.25) is 43.2 Å². The highest BCUT2D eigenvalue weighted by Gasteiger charge is 2.49. The van der Waals surface area contributed by atoms with Crippen molar-refractivity contribution in [2.24, 2.45) is 17.3 Å². The van der Waals surface area contributed by atoms with Crippen molar-refractivity contribution >= 4 is 98.6 Å². The van der Waals surface area contributed by atoms with E-state index in [-0.39, 0.29) is 129 Å². The van der Waals surface area contributed by atoms with Gasteiger partial charge in [-0.25, -0.2) is 19.3 Å². The Labute approximate surface area is 683 Å². The summed E-state index contributed by atoms with van der Waals surface area (Å²) in [7, 11) is 0. The molecule has 8 heterocycles. The number of aliphatic hydroxyl groups excluding tert-OH is 3. The molecule has 3 aromatic heterocycles. The minimum Gasteiger partial charge on any atom is -0.391 e. The number of ketones is 3. The molecule has 26 heteroatoms. The Kier molecular flexibility index (Phi) is 28.7. The van der Waals surface area contributed by atoms with Crippen LogP contribution in [0.15, 0.2) is 132 Å². The number of rotatable bonds is 27. The van der Waals surface area contributed by atoms with Gasteiger partial charge in [0.15, 0.2) is 17.3 Å². The lowest BCUT2D eigenvalue weighted by molar-refractivity contribution is -0.143. The quantitative estimate of drug-likeness (QED) is 0.0372. The van der Waals surface area contributed by atoms with Gasteiger partial charge >= 0.3 is 0 Å². The molecule has 5 aliphatic rings. The molecule has 3 fully saturated rings. The minimum atomic E-state index is -0.868. The Balaban J connectivity index is 0.000000169. The first-order valence-electron chi connectivity index (χ1n) is 39.2. The monoisotopic (exact) mass is 1630 g/mol. The number of hydrogen-bond donors (Lipinski definition) is 4. The molecule has 8 aromatic rings. The Morgan fingerprint density at radius 3 is 1.33 bits per heavy atom. The van der Waals surface area contributed by atoms with Gasteiger partial charge in [0.05, 0.1) is 91.2 Å². The molecule has 5 aliphatic heterocycles. The largest absolute Gasteiger partial charge is 0.391 e. The number of nitrogens with zero attached hydrogens (tertiary/aromatic N) is 8. The fourth-order valence-corrected chi connectivity index (χ4v) is 18.8. The van der Waals surface area contributed by atoms with Gasteiger partial charge in [-0.2, -0.15) is 11.8 Å². The predicted octanol–water partition coefficient (Wildman–Crippen LogP) is 12.9. The first kappa shape index (κ1) is 85.9. The Morgan fingerprint density at radius 2 is 0.947 bits per heavy atom. The van der Waals surface area contributed by atoms with E-state index in [9.17, 15) is 62.9 Å². The molecule has 4 N–H and O–H groups in total. The second-order valence-corrected chi connectivity index (χ2v) is 35.7. The van der Waals surface area contributed by atoms with E-state index in [0.29, 0.717) is 49.5 Å². The second-order valence-electron chi connectivity index (χ2n) is 32.2. The van der Waals surface area contributed by atoms with Crippen LogP contribution < -0.4 is 5.32 Å². The summed E-state index contributed by atoms with van der Waals surface area (Å²) in [5, 5.41) is 34.1. The van der Waals surface area contributed by atoms with Crippen molar-refractivity contribution < 1.29 is 62.9 Å². The lowest BCUT2D eigenvalue weighted by atomic mass is 9.85. The number of fused-ring (bicyclic) bond motifs is 2. The lowest BCUT2D eigenvalue weighted by Crippen LogP contribution is -2.56. The average Bonchev–Trinajstić information content (AvgIpc) is 1.62. The summed E-state index contributed by atoms with van der Waals surface area (Å²) in [4.78, 5) is 144. The molecule has 6 amide bonds. The normalized spacial score (nSPS) is 19.3. The summed E-state index contributed by atoms with van der Waals surface area (Å²) in [6.07, 6.45) is 3.72. The third-order valence-electron chi connectivity index (χ3n) is 22.0. The molecule has 0 saturated carbocycles. The van der Waals surface area contributed by atoms with Crippen LogP contribution in [0.25, 0.3) is 31.3 Å². The zero-order chi connectivity index (χ0) is 82.0. The van der Waals surface area contributed by atoms with Crippen LogP contribution in [0.5, 0.6) is 0 Å². The van der Waals surface area contributed by atoms with E-state index in [4.69, 9.17) is 0 Å². The van der Waals surface area contributed by atoms with Gasteiger partial charge < -0.3 is 45.1 Å². The Hall–Kier alpha value is -9.02. The minimum absolute atomic E-state index is 0.00148. The van der Waals surface area contributed by atoms with E-state index in [1.807, 2.05) is 169 Å². The summed E-state index contributed by atoms with van der Waals surface area (Å²) in [6.45, 7) is 20.0. The van der Waals surface area contributed by atoms with Crippen LogP contribution in [-0.2, 0) is 65.9 Å². The third-order valence-corrected chi connectivity index (χ3v) is 25.6. The molecule has 114 heavy (non-hydrogen) atoms. The molecule has 0 unspecified atom stereocenters. The van der Waals surface area contributed by atoms with Crippen LogP contribution in [0.3, 0.4) is 0 Å². The SMILES string of the molecule is CSC[C@@H](C(=O)N1C[C@H](O)C[C@H]1C(=O)CCc1ccc(-c2scnc2C)cc1)N1Cc2ccccc2C1=O.Cc1ncsc1-c1ccc(CCC(=O)[C@@H]2C[C@@H](O)CN2C(=O)[C@@H](NC(=O)CCC(C)C)C(C)(C)C)cc1.Cc1ncsc1-c1ccc(CCC(=O)[C@@H]2C[C@@H](O)CN2C(=O)[C@H](C(C)C)N2Cc3c(F)cccc3C2=O)cc1. The van der Waals surface area contributed by atoms with Crippen LogP contribution >= 0.6 is 45.8 Å². The van der Waals surface area contributed by atoms with Crippen molar-refractivity contribution in [2.75, 3.05) is 31.6 Å². The van der Waals surface area contributed by atoms with Crippen molar-refractivity contribution in [1.29, 1.82) is 0 Å². The van der Waals surface area contributed by atoms with E-state index in [1.165, 1.54) is 43.5 Å². The molecule has 5 aromatic carbocycles. The van der Waals surface area contributed by atoms with E-state index in [0.717, 1.165) is 77.1 Å². The van der Waals surface area contributed by atoms with E-state index in [2.05, 4.69) is 34.1 Å². The number of carbonyl (C=O) groups excluding carboxylic acids is 9. The fourth-order valence-electron chi connectivity index (χ4n) is 15.7. The number of thiazole rings is 3. The summed E-state index contributed by atoms with van der Waals surface area (Å²) < 4.78 is 14.4. The number of carbonyl (C=O) groups is 9. The van der Waals surface area contributed by atoms with Crippen LogP contribution in [-0.4, -0.2) is 194 Å². The van der Waals surface area contributed by atoms with E-state index >= 15 is 0 Å². The number of benzene rings is 5. The number of β-amino-alcohol motifs (C(OH)–C–C–N with tert-alkyl or cyclic N) is 3. The number of nitrogens with one attached hydrogen (secondary N) is 1. The number of hydrogen-bond acceptors (Lipinski definition) is 19. The van der Waals surface area contributed by atoms with Crippen molar-refractivity contribution in [3.8, 4) is 31.3 Å². The molecular weight excluding hydrogens is 1520 g/mol. The number of likely N-dealkylation sites (tertiary alicyclic amines) is 3. The number of aromatic nitrogens is 3. The molecule has 9 atom stereocenters. The summed E-state index contributed by atoms with van der Waals surface area (Å²) >= 11 is 6.29. The highest BCUT2D eigenvalue weighted by atomic mass is 32.2. The highest BCUT2D eigenvalue weighted by Crippen LogP contribution is 2.37. The van der Waals surface area contributed by atoms with Crippen molar-refractivity contribution in [2.45, 2.75) is 208 Å². The predicted molar refractivity (Wildman–Crippen MR) is 444 cm³/mol. The molecule has 0 radical (unpaired) electrons. The number of amides is 6. The average molecular weight is 1630 g/mol. The van der Waals surface area contributed by atoms with Gasteiger partial charge in [-0.15, -0.1) is 34.0 Å². The Bertz CT molecular complexity index is 4770. The highest BCUT2D eigenvalue weighted by molar-refractivity contribution is 7.98. The molecule has 0 aliphatic carbocycles. The maximum atomic E-state index is 14.4. The van der Waals surface area contributed by atoms with Crippen LogP contribution in [0.4, 0.5) is 4.39 Å². The van der Waals surface area contributed by atoms with Crippen molar-refractivity contribution in [1.82, 2.24) is 44.8 Å². The van der Waals surface area contributed by atoms with E-state index in [1.54, 1.807) is 51.0 Å². The number of aliphatic hydroxyl groups is 3. The van der Waals surface area contributed by atoms with Gasteiger partial charge in [-0.1, -0.05) is 146 Å². The van der Waals surface area contributed by atoms with Crippen molar-refractivity contribution in [3.05, 3.63) is 194 Å². The first-order valence-corrected chi connectivity index (χ1v) is 43.2. The molecule has 0 bridgehead atoms. The van der Waals surface area contributed by atoms with Crippen LogP contribution in [0.2, 0.25) is 0 Å². The first-order chi connectivity index (χ1) is 54.4. The number of Topliss-reactive ketones (excluding diaryl/α,β-unsaturated/α-hetero) is 3. The van der Waals surface area contributed by atoms with Gasteiger partial charge in [0.25, 0.3) is 11.8 Å². The zero-order valence-corrected chi connectivity index (χ0v) is 69.9. The molecule has 13 rings (SSSR count). The van der Waals surface area contributed by atoms with Gasteiger partial charge in [0, 0.05) is 93.6 Å². The molecule has 21 nitrogen and oxygen atoms in total. The van der Waals surface area contributed by atoms with E-state index < -0.39 is 71.7 Å². The smallest absolute Gasteiger partial charge is 0.255 e. The van der Waals surface area contributed by atoms with Gasteiger partial charge in [0.2, 0.25) is 23.6 Å². The second kappa shape index (κ2) is 38.2. The number of halogens is 1. The van der Waals surface area contributed by atoms with Crippen LogP contribution in [0, 0.1) is 43.8 Å². The summed E-state index contributed by atoms with van der Waals surface area (Å²) in [5.41, 5.74) is 16.4. The standard InChI is InChI=1S/C30H32FN3O4S.C29H31N3O4S2.C29H41N3O4S/c1-17(2)27(34-15-23-22(29(34)37)5-4-6-24(23)31)30(38)33-14-21(35)13-25(33)26(36)12-9-19-7-10-20(11-8-19)28-18(3)32-16-39-28;1-18-27(38-17-30-18)20-10-7-19(8-11-20)9-12-26(34)24-13-22(33)15-32(24)29(36)25(16-37-2)31-14-21-5-3-4-6-23(21)28(31)35;1-18(2)7-14-25(35)31-27(29(4,5)6)28(36)32-16-22(33)15-23(32)24(34)13-10-20-8-11-21(12-9-20)26-19(3)30-17-37-26/h4-8,10-11,16-17,21,25,27,35H,9,12-15H2,1-3H3;3-8,10-11,17,22,24-25,33H,9,12-16H2,1-2H3;8-9,11-12,17-18,22-23,27,33H,7,10,13-16H2,1-6H3,(H,31,35)/t21-,25+,27+;22-,24+,25+;22-,23+,27-/m111/s1. The molecular formula is C88H104FN9O12S4. The van der Waals surface area contributed by atoms with Crippen molar-refractivity contribution in [3.63, 3.8) is 0 Å². The van der Waals surface area contributed by atoms with Crippen LogP contribution in [0.1, 0.15) is 165 Å². The Morgan fingerprint density at radius 1 is 0.535 bits per heavy atom. The van der Waals surface area contributed by atoms with Gasteiger partial charge in [0.1, 0.15) is 23.9 Å². The maximum Gasteiger partial charge on any atom is 0.255 e. The zero-order valence-electron chi connectivity index (χ0n) is 66.7. The summed E-state index contributed by atoms with van der Waals surface area (Å²) in [5.74, 6) is -1.84. The summed E-state index contributed by atoms with van der Waals surface area (Å²) in [6, 6.07) is 31.7. The molecule has 0 spiro atoms. The van der Waals surface area contributed by atoms with Gasteiger partial charge in [-0.05, 0) is 127 Å². The molecule has 604 valence electrons. The maximum absolute atomic E-state index is 14.4. The number of thioether (sulfide) groups is 1. The number of aryl methyl sites for hydroxylation is 6. The topological polar surface area (TPSA) is 281 Å². The fraction of sp³-hybridized carbons (Fsp3) is 0.455.